The number of phenolic OH excluding ortho intramolecular Hbond substituents is 1. The maximum absolute atomic E-state index is 12.7. The van der Waals surface area contributed by atoms with Crippen LogP contribution in [0.3, 0.4) is 0 Å². The number of rotatable bonds is 4. The van der Waals surface area contributed by atoms with Gasteiger partial charge in [0.15, 0.2) is 0 Å². The van der Waals surface area contributed by atoms with E-state index in [1.807, 2.05) is 0 Å². The predicted molar refractivity (Wildman–Crippen MR) is 88.3 cm³/mol. The molecule has 126 valence electrons. The average Bonchev–Trinajstić information content (AvgIpc) is 2.54. The van der Waals surface area contributed by atoms with E-state index in [2.05, 4.69) is 0 Å². The highest BCUT2D eigenvalue weighted by Gasteiger charge is 2.23. The number of aromatic nitrogens is 1. The highest BCUT2D eigenvalue weighted by Crippen LogP contribution is 2.22. The van der Waals surface area contributed by atoms with Crippen molar-refractivity contribution in [2.24, 2.45) is 7.05 Å². The van der Waals surface area contributed by atoms with Crippen LogP contribution in [-0.2, 0) is 11.8 Å². The minimum absolute atomic E-state index is 0.0216. The van der Waals surface area contributed by atoms with Crippen LogP contribution in [0.5, 0.6) is 5.75 Å². The molecule has 1 aromatic heterocycles. The fourth-order valence-electron chi connectivity index (χ4n) is 2.26. The maximum atomic E-state index is 12.7. The number of hydrogen-bond acceptors (Lipinski definition) is 6. The molecule has 0 aliphatic rings. The number of aryl methyl sites for hydroxylation is 1. The number of ketones is 1. The molecule has 0 saturated carbocycles. The second-order valence-corrected chi connectivity index (χ2v) is 5.29. The van der Waals surface area contributed by atoms with Crippen molar-refractivity contribution in [1.82, 2.24) is 4.57 Å². The van der Waals surface area contributed by atoms with Gasteiger partial charge in [-0.05, 0) is 32.0 Å². The molecule has 2 aromatic rings. The third-order valence-corrected chi connectivity index (χ3v) is 3.60. The van der Waals surface area contributed by atoms with E-state index in [4.69, 9.17) is 10.5 Å². The number of pyridine rings is 1. The summed E-state index contributed by atoms with van der Waals surface area (Å²) >= 11 is 0. The van der Waals surface area contributed by atoms with Gasteiger partial charge in [0.25, 0.3) is 5.56 Å². The molecule has 0 amide bonds. The van der Waals surface area contributed by atoms with Crippen molar-refractivity contribution in [1.29, 1.82) is 0 Å². The summed E-state index contributed by atoms with van der Waals surface area (Å²) in [5, 5.41) is 9.90. The zero-order chi connectivity index (χ0) is 18.0. The monoisotopic (exact) mass is 330 g/mol. The van der Waals surface area contributed by atoms with Crippen LogP contribution in [0.25, 0.3) is 0 Å². The van der Waals surface area contributed by atoms with Gasteiger partial charge < -0.3 is 15.6 Å². The fourth-order valence-corrected chi connectivity index (χ4v) is 2.26. The molecule has 0 radical (unpaired) electrons. The standard InChI is InChI=1S/C17H18N2O5/c1-4-24-17(23)12-8-11(16(22)19(3)15(12)18)14(21)10-7-9(2)5-6-13(10)20/h5-8,20H,4,18H2,1-3H3. The number of phenols is 1. The van der Waals surface area contributed by atoms with Crippen LogP contribution in [0.1, 0.15) is 38.8 Å². The lowest BCUT2D eigenvalue weighted by molar-refractivity contribution is 0.0526. The second-order valence-electron chi connectivity index (χ2n) is 5.29. The van der Waals surface area contributed by atoms with Crippen LogP contribution >= 0.6 is 0 Å². The van der Waals surface area contributed by atoms with Crippen molar-refractivity contribution in [2.75, 3.05) is 12.3 Å². The summed E-state index contributed by atoms with van der Waals surface area (Å²) in [4.78, 5) is 37.0. The van der Waals surface area contributed by atoms with Crippen molar-refractivity contribution in [3.63, 3.8) is 0 Å². The number of anilines is 1. The molecule has 1 heterocycles. The van der Waals surface area contributed by atoms with E-state index in [0.717, 1.165) is 16.2 Å². The number of esters is 1. The molecule has 3 N–H and O–H groups in total. The van der Waals surface area contributed by atoms with Crippen LogP contribution in [0.2, 0.25) is 0 Å². The van der Waals surface area contributed by atoms with E-state index in [1.165, 1.54) is 19.2 Å². The molecule has 0 aliphatic heterocycles. The Labute approximate surface area is 138 Å². The lowest BCUT2D eigenvalue weighted by atomic mass is 10.00. The largest absolute Gasteiger partial charge is 0.507 e. The van der Waals surface area contributed by atoms with Gasteiger partial charge in [-0.3, -0.25) is 14.2 Å². The molecule has 24 heavy (non-hydrogen) atoms. The van der Waals surface area contributed by atoms with Crippen molar-refractivity contribution < 1.29 is 19.4 Å². The van der Waals surface area contributed by atoms with Gasteiger partial charge in [-0.1, -0.05) is 11.6 Å². The van der Waals surface area contributed by atoms with Crippen molar-refractivity contribution in [2.45, 2.75) is 13.8 Å². The number of ether oxygens (including phenoxy) is 1. The topological polar surface area (TPSA) is 112 Å². The summed E-state index contributed by atoms with van der Waals surface area (Å²) in [7, 11) is 1.35. The van der Waals surface area contributed by atoms with Crippen LogP contribution < -0.4 is 11.3 Å². The van der Waals surface area contributed by atoms with Gasteiger partial charge in [0.1, 0.15) is 17.1 Å². The first-order valence-corrected chi connectivity index (χ1v) is 7.28. The molecule has 0 bridgehead atoms. The van der Waals surface area contributed by atoms with Crippen molar-refractivity contribution in [3.8, 4) is 5.75 Å². The van der Waals surface area contributed by atoms with E-state index in [0.29, 0.717) is 0 Å². The number of nitrogen functional groups attached to an aromatic ring is 1. The van der Waals surface area contributed by atoms with E-state index in [9.17, 15) is 19.5 Å². The maximum Gasteiger partial charge on any atom is 0.341 e. The van der Waals surface area contributed by atoms with Gasteiger partial charge in [0.2, 0.25) is 5.78 Å². The van der Waals surface area contributed by atoms with Gasteiger partial charge in [-0.2, -0.15) is 0 Å². The Balaban J connectivity index is 2.66. The molecule has 0 spiro atoms. The normalized spacial score (nSPS) is 10.5. The van der Waals surface area contributed by atoms with Gasteiger partial charge in [-0.25, -0.2) is 4.79 Å². The summed E-state index contributed by atoms with van der Waals surface area (Å²) in [5.41, 5.74) is 5.50. The number of benzene rings is 1. The van der Waals surface area contributed by atoms with E-state index < -0.39 is 17.3 Å². The smallest absolute Gasteiger partial charge is 0.341 e. The third kappa shape index (κ3) is 3.01. The quantitative estimate of drug-likeness (QED) is 0.647. The number of nitrogens with two attached hydrogens (primary N) is 1. The Bertz CT molecular complexity index is 883. The lowest BCUT2D eigenvalue weighted by Crippen LogP contribution is -2.29. The van der Waals surface area contributed by atoms with Gasteiger partial charge in [0.05, 0.1) is 17.7 Å². The fraction of sp³-hybridized carbons (Fsp3) is 0.235. The third-order valence-electron chi connectivity index (χ3n) is 3.60. The first-order valence-electron chi connectivity index (χ1n) is 7.28. The number of carbonyl (C=O) groups is 2. The molecule has 1 aromatic carbocycles. The second kappa shape index (κ2) is 6.57. The first-order chi connectivity index (χ1) is 11.3. The number of hydrogen-bond donors (Lipinski definition) is 2. The lowest BCUT2D eigenvalue weighted by Gasteiger charge is -2.12. The number of aromatic hydroxyl groups is 1. The molecule has 0 atom stereocenters. The molecule has 0 saturated heterocycles. The van der Waals surface area contributed by atoms with Crippen LogP contribution in [0.15, 0.2) is 29.1 Å². The van der Waals surface area contributed by atoms with Crippen LogP contribution in [-0.4, -0.2) is 28.0 Å². The van der Waals surface area contributed by atoms with E-state index in [-0.39, 0.29) is 34.9 Å². The summed E-state index contributed by atoms with van der Waals surface area (Å²) in [6.07, 6.45) is 0. The van der Waals surface area contributed by atoms with Gasteiger partial charge in [0, 0.05) is 7.05 Å². The highest BCUT2D eigenvalue weighted by molar-refractivity contribution is 6.11. The summed E-state index contributed by atoms with van der Waals surface area (Å²) in [5.74, 6) is -1.76. The summed E-state index contributed by atoms with van der Waals surface area (Å²) in [6, 6.07) is 5.59. The molecule has 7 heteroatoms. The molecular formula is C17H18N2O5. The SMILES string of the molecule is CCOC(=O)c1cc(C(=O)c2cc(C)ccc2O)c(=O)n(C)c1N. The first kappa shape index (κ1) is 17.3. The Morgan fingerprint density at radius 1 is 1.21 bits per heavy atom. The summed E-state index contributed by atoms with van der Waals surface area (Å²) in [6.45, 7) is 3.51. The molecule has 0 unspecified atom stereocenters. The highest BCUT2D eigenvalue weighted by atomic mass is 16.5. The molecule has 7 nitrogen and oxygen atoms in total. The molecular weight excluding hydrogens is 312 g/mol. The van der Waals surface area contributed by atoms with Gasteiger partial charge in [-0.15, -0.1) is 0 Å². The van der Waals surface area contributed by atoms with Crippen molar-refractivity contribution >= 4 is 17.6 Å². The van der Waals surface area contributed by atoms with Crippen LogP contribution in [0, 0.1) is 6.92 Å². The Morgan fingerprint density at radius 3 is 2.50 bits per heavy atom. The Kier molecular flexibility index (Phi) is 4.73. The zero-order valence-electron chi connectivity index (χ0n) is 13.6. The van der Waals surface area contributed by atoms with Gasteiger partial charge >= 0.3 is 5.97 Å². The minimum atomic E-state index is -0.729. The summed E-state index contributed by atoms with van der Waals surface area (Å²) < 4.78 is 5.90. The number of nitrogens with zero attached hydrogens (tertiary/aromatic N) is 1. The molecule has 2 rings (SSSR count). The van der Waals surface area contributed by atoms with E-state index >= 15 is 0 Å². The molecule has 0 fully saturated rings. The predicted octanol–water partition coefficient (Wildman–Crippen LogP) is 1.39. The average molecular weight is 330 g/mol. The van der Waals surface area contributed by atoms with Crippen molar-refractivity contribution in [3.05, 3.63) is 56.9 Å². The van der Waals surface area contributed by atoms with Crippen LogP contribution in [0.4, 0.5) is 5.82 Å². The van der Waals surface area contributed by atoms with E-state index in [1.54, 1.807) is 19.9 Å². The minimum Gasteiger partial charge on any atom is -0.507 e. The number of carbonyl (C=O) groups excluding carboxylic acids is 2. The Hall–Kier alpha value is -3.09. The Morgan fingerprint density at radius 2 is 1.88 bits per heavy atom. The molecule has 0 aliphatic carbocycles. The zero-order valence-corrected chi connectivity index (χ0v) is 13.6.